The van der Waals surface area contributed by atoms with Gasteiger partial charge in [-0.2, -0.15) is 0 Å². The minimum Gasteiger partial charge on any atom is -0.465 e. The number of carbonyl (C=O) groups is 1. The van der Waals surface area contributed by atoms with Crippen molar-refractivity contribution in [1.82, 2.24) is 4.98 Å². The molecule has 0 aliphatic rings. The van der Waals surface area contributed by atoms with E-state index in [1.807, 2.05) is 0 Å². The highest BCUT2D eigenvalue weighted by Crippen LogP contribution is 2.22. The van der Waals surface area contributed by atoms with Crippen LogP contribution in [0.25, 0.3) is 0 Å². The number of nitrogen functional groups attached to an aromatic ring is 1. The summed E-state index contributed by atoms with van der Waals surface area (Å²) in [7, 11) is 1.35. The number of esters is 1. The summed E-state index contributed by atoms with van der Waals surface area (Å²) in [6.07, 6.45) is 1.54. The predicted octanol–water partition coefficient (Wildman–Crippen LogP) is 2.79. The first-order valence-corrected chi connectivity index (χ1v) is 6.94. The summed E-state index contributed by atoms with van der Waals surface area (Å²) in [6.45, 7) is 9.55. The topological polar surface area (TPSA) is 77.2 Å². The molecule has 5 heteroatoms. The van der Waals surface area contributed by atoms with Crippen molar-refractivity contribution < 1.29 is 9.53 Å². The number of nitrogens with zero attached hydrogens (tertiary/aromatic N) is 1. The van der Waals surface area contributed by atoms with E-state index in [1.54, 1.807) is 6.07 Å². The zero-order valence-electron chi connectivity index (χ0n) is 12.9. The van der Waals surface area contributed by atoms with Gasteiger partial charge in [0.1, 0.15) is 11.4 Å². The molecule has 0 aromatic carbocycles. The van der Waals surface area contributed by atoms with Crippen molar-refractivity contribution >= 4 is 17.5 Å². The number of aromatic nitrogens is 1. The van der Waals surface area contributed by atoms with E-state index in [0.717, 1.165) is 6.54 Å². The number of rotatable bonds is 6. The van der Waals surface area contributed by atoms with E-state index in [-0.39, 0.29) is 0 Å². The number of ether oxygens (including phenoxy) is 1. The lowest BCUT2D eigenvalue weighted by Crippen LogP contribution is -2.25. The van der Waals surface area contributed by atoms with Crippen LogP contribution in [-0.2, 0) is 4.74 Å². The molecule has 20 heavy (non-hydrogen) atoms. The summed E-state index contributed by atoms with van der Waals surface area (Å²) < 4.78 is 4.76. The van der Waals surface area contributed by atoms with Gasteiger partial charge in [-0.25, -0.2) is 9.78 Å². The molecule has 0 radical (unpaired) electrons. The Bertz CT molecular complexity index is 450. The molecule has 0 saturated carbocycles. The van der Waals surface area contributed by atoms with E-state index >= 15 is 0 Å². The minimum absolute atomic E-state index is 0.374. The Kier molecular flexibility index (Phi) is 5.80. The third-order valence-corrected chi connectivity index (χ3v) is 3.53. The van der Waals surface area contributed by atoms with Gasteiger partial charge < -0.3 is 15.8 Å². The number of pyridine rings is 1. The van der Waals surface area contributed by atoms with Gasteiger partial charge in [-0.05, 0) is 23.8 Å². The van der Waals surface area contributed by atoms with E-state index in [1.165, 1.54) is 13.3 Å². The standard InChI is InChI=1S/C15H25N3O2/c1-9(2)13(10(3)4)8-18-14-12(15(19)20-5)6-11(16)7-17-14/h6-7,9-10,13H,8,16H2,1-5H3,(H,17,18). The van der Waals surface area contributed by atoms with Crippen LogP contribution in [0.2, 0.25) is 0 Å². The summed E-state index contributed by atoms with van der Waals surface area (Å²) in [5.41, 5.74) is 6.49. The zero-order valence-corrected chi connectivity index (χ0v) is 12.9. The molecular formula is C15H25N3O2. The zero-order chi connectivity index (χ0) is 15.3. The Morgan fingerprint density at radius 1 is 1.35 bits per heavy atom. The van der Waals surface area contributed by atoms with Crippen molar-refractivity contribution in [3.05, 3.63) is 17.8 Å². The molecular weight excluding hydrogens is 254 g/mol. The van der Waals surface area contributed by atoms with Crippen LogP contribution in [0.5, 0.6) is 0 Å². The number of hydrogen-bond donors (Lipinski definition) is 2. The van der Waals surface area contributed by atoms with Gasteiger partial charge in [0, 0.05) is 6.54 Å². The van der Waals surface area contributed by atoms with E-state index in [9.17, 15) is 4.79 Å². The maximum absolute atomic E-state index is 11.7. The highest BCUT2D eigenvalue weighted by molar-refractivity contribution is 5.95. The minimum atomic E-state index is -0.432. The van der Waals surface area contributed by atoms with Gasteiger partial charge in [-0.1, -0.05) is 27.7 Å². The van der Waals surface area contributed by atoms with Gasteiger partial charge in [-0.3, -0.25) is 0 Å². The van der Waals surface area contributed by atoms with Crippen molar-refractivity contribution in [3.8, 4) is 0 Å². The lowest BCUT2D eigenvalue weighted by molar-refractivity contribution is 0.0601. The molecule has 0 aliphatic heterocycles. The third-order valence-electron chi connectivity index (χ3n) is 3.53. The fraction of sp³-hybridized carbons (Fsp3) is 0.600. The second-order valence-electron chi connectivity index (χ2n) is 5.69. The van der Waals surface area contributed by atoms with Crippen molar-refractivity contribution in [2.45, 2.75) is 27.7 Å². The molecule has 0 aliphatic carbocycles. The van der Waals surface area contributed by atoms with E-state index in [0.29, 0.717) is 34.8 Å². The van der Waals surface area contributed by atoms with Crippen LogP contribution in [0, 0.1) is 17.8 Å². The summed E-state index contributed by atoms with van der Waals surface area (Å²) in [4.78, 5) is 15.9. The number of nitrogens with one attached hydrogen (secondary N) is 1. The Balaban J connectivity index is 2.89. The SMILES string of the molecule is COC(=O)c1cc(N)cnc1NCC(C(C)C)C(C)C. The van der Waals surface area contributed by atoms with Gasteiger partial charge >= 0.3 is 5.97 Å². The molecule has 112 valence electrons. The average molecular weight is 279 g/mol. The molecule has 5 nitrogen and oxygen atoms in total. The van der Waals surface area contributed by atoms with Crippen LogP contribution < -0.4 is 11.1 Å². The quantitative estimate of drug-likeness (QED) is 0.783. The van der Waals surface area contributed by atoms with E-state index in [4.69, 9.17) is 10.5 Å². The molecule has 1 heterocycles. The number of carbonyl (C=O) groups excluding carboxylic acids is 1. The van der Waals surface area contributed by atoms with Crippen LogP contribution in [0.15, 0.2) is 12.3 Å². The number of anilines is 2. The van der Waals surface area contributed by atoms with Gasteiger partial charge in [-0.15, -0.1) is 0 Å². The van der Waals surface area contributed by atoms with Gasteiger partial charge in [0.15, 0.2) is 0 Å². The largest absolute Gasteiger partial charge is 0.465 e. The van der Waals surface area contributed by atoms with E-state index in [2.05, 4.69) is 38.0 Å². The monoisotopic (exact) mass is 279 g/mol. The summed E-state index contributed by atoms with van der Waals surface area (Å²) in [6, 6.07) is 1.58. The second kappa shape index (κ2) is 7.12. The smallest absolute Gasteiger partial charge is 0.341 e. The molecule has 0 bridgehead atoms. The van der Waals surface area contributed by atoms with Gasteiger partial charge in [0.25, 0.3) is 0 Å². The molecule has 1 aromatic heterocycles. The van der Waals surface area contributed by atoms with Crippen molar-refractivity contribution in [1.29, 1.82) is 0 Å². The van der Waals surface area contributed by atoms with Crippen LogP contribution >= 0.6 is 0 Å². The third kappa shape index (κ3) is 4.11. The summed E-state index contributed by atoms with van der Waals surface area (Å²) in [5, 5.41) is 3.25. The van der Waals surface area contributed by atoms with Crippen molar-refractivity contribution in [3.63, 3.8) is 0 Å². The lowest BCUT2D eigenvalue weighted by atomic mass is 9.85. The molecule has 1 rings (SSSR count). The molecule has 0 amide bonds. The van der Waals surface area contributed by atoms with Crippen molar-refractivity contribution in [2.75, 3.05) is 24.7 Å². The first-order chi connectivity index (χ1) is 9.36. The Labute approximate surface area is 120 Å². The predicted molar refractivity (Wildman–Crippen MR) is 81.6 cm³/mol. The Hall–Kier alpha value is -1.78. The average Bonchev–Trinajstić information content (AvgIpc) is 2.38. The Morgan fingerprint density at radius 3 is 2.45 bits per heavy atom. The maximum Gasteiger partial charge on any atom is 0.341 e. The summed E-state index contributed by atoms with van der Waals surface area (Å²) >= 11 is 0. The van der Waals surface area contributed by atoms with Gasteiger partial charge in [0.05, 0.1) is 19.0 Å². The molecule has 0 saturated heterocycles. The molecule has 0 fully saturated rings. The molecule has 0 unspecified atom stereocenters. The van der Waals surface area contributed by atoms with Gasteiger partial charge in [0.2, 0.25) is 0 Å². The molecule has 0 spiro atoms. The fourth-order valence-corrected chi connectivity index (χ4v) is 2.34. The van der Waals surface area contributed by atoms with Crippen LogP contribution in [0.3, 0.4) is 0 Å². The highest BCUT2D eigenvalue weighted by atomic mass is 16.5. The summed E-state index contributed by atoms with van der Waals surface area (Å²) in [5.74, 6) is 1.70. The number of nitrogens with two attached hydrogens (primary N) is 1. The second-order valence-corrected chi connectivity index (χ2v) is 5.69. The van der Waals surface area contributed by atoms with Crippen LogP contribution in [-0.4, -0.2) is 24.6 Å². The molecule has 1 aromatic rings. The normalized spacial score (nSPS) is 11.2. The lowest BCUT2D eigenvalue weighted by Gasteiger charge is -2.25. The molecule has 0 atom stereocenters. The van der Waals surface area contributed by atoms with Crippen LogP contribution in [0.1, 0.15) is 38.1 Å². The van der Waals surface area contributed by atoms with Crippen molar-refractivity contribution in [2.24, 2.45) is 17.8 Å². The Morgan fingerprint density at radius 2 is 1.95 bits per heavy atom. The number of hydrogen-bond acceptors (Lipinski definition) is 5. The van der Waals surface area contributed by atoms with Crippen LogP contribution in [0.4, 0.5) is 11.5 Å². The number of methoxy groups -OCH3 is 1. The maximum atomic E-state index is 11.7. The fourth-order valence-electron chi connectivity index (χ4n) is 2.34. The highest BCUT2D eigenvalue weighted by Gasteiger charge is 2.19. The first-order valence-electron chi connectivity index (χ1n) is 6.94. The molecule has 3 N–H and O–H groups in total. The first kappa shape index (κ1) is 16.3. The van der Waals surface area contributed by atoms with E-state index < -0.39 is 5.97 Å².